The van der Waals surface area contributed by atoms with Gasteiger partial charge >= 0.3 is 6.09 Å². The van der Waals surface area contributed by atoms with Crippen LogP contribution < -0.4 is 10.4 Å². The lowest BCUT2D eigenvalue weighted by Gasteiger charge is -2.47. The van der Waals surface area contributed by atoms with E-state index >= 15 is 0 Å². The predicted octanol–water partition coefficient (Wildman–Crippen LogP) is 1.65. The van der Waals surface area contributed by atoms with E-state index in [-0.39, 0.29) is 17.9 Å². The number of hydrogen-bond acceptors (Lipinski definition) is 6. The zero-order chi connectivity index (χ0) is 19.6. The Kier molecular flexibility index (Phi) is 5.54. The number of anilines is 1. The third kappa shape index (κ3) is 3.85. The Hall–Kier alpha value is -2.75. The number of fused-ring (bicyclic) bond motifs is 1. The lowest BCUT2D eigenvalue weighted by Crippen LogP contribution is -2.58. The molecule has 1 saturated heterocycles. The van der Waals surface area contributed by atoms with Crippen LogP contribution in [0.4, 0.5) is 10.5 Å². The van der Waals surface area contributed by atoms with E-state index in [0.29, 0.717) is 18.5 Å². The van der Waals surface area contributed by atoms with Crippen LogP contribution in [-0.2, 0) is 9.53 Å². The molecule has 1 aromatic rings. The van der Waals surface area contributed by atoms with E-state index in [4.69, 9.17) is 4.74 Å². The second-order valence-electron chi connectivity index (χ2n) is 7.48. The van der Waals surface area contributed by atoms with Crippen molar-refractivity contribution in [2.75, 3.05) is 19.0 Å². The quantitative estimate of drug-likeness (QED) is 0.867. The highest BCUT2D eigenvalue weighted by Gasteiger charge is 2.42. The first-order chi connectivity index (χ1) is 12.9. The number of carbonyl (C=O) groups is 2. The molecular formula is C20H24N3O4-. The van der Waals surface area contributed by atoms with Crippen molar-refractivity contribution in [3.63, 3.8) is 0 Å². The topological polar surface area (TPSA) is 105 Å². The van der Waals surface area contributed by atoms with Crippen molar-refractivity contribution in [2.24, 2.45) is 11.8 Å². The van der Waals surface area contributed by atoms with Gasteiger partial charge in [-0.05, 0) is 56.1 Å². The van der Waals surface area contributed by atoms with Crippen molar-refractivity contribution in [3.8, 4) is 6.07 Å². The second kappa shape index (κ2) is 7.87. The van der Waals surface area contributed by atoms with Crippen LogP contribution in [0.5, 0.6) is 0 Å². The number of likely N-dealkylation sites (tertiary alicyclic amines) is 1. The van der Waals surface area contributed by atoms with E-state index < -0.39 is 18.1 Å². The molecule has 7 nitrogen and oxygen atoms in total. The first-order valence-corrected chi connectivity index (χ1v) is 9.26. The van der Waals surface area contributed by atoms with E-state index in [2.05, 4.69) is 11.4 Å². The lowest BCUT2D eigenvalue weighted by atomic mass is 9.71. The Balaban J connectivity index is 1.71. The summed E-state index contributed by atoms with van der Waals surface area (Å²) in [6, 6.07) is 7.21. The van der Waals surface area contributed by atoms with Crippen molar-refractivity contribution >= 4 is 17.7 Å². The molecule has 3 rings (SSSR count). The molecule has 4 atom stereocenters. The summed E-state index contributed by atoms with van der Waals surface area (Å²) in [4.78, 5) is 24.8. The molecule has 1 aromatic carbocycles. The monoisotopic (exact) mass is 370 g/mol. The maximum atomic E-state index is 11.9. The third-order valence-electron chi connectivity index (χ3n) is 5.90. The van der Waals surface area contributed by atoms with E-state index in [0.717, 1.165) is 30.5 Å². The SMILES string of the molecule is COC(=O)N1CC2CCC(Nc3cccc(C)c3C#N)CC2CC1C(=O)[O-]. The highest BCUT2D eigenvalue weighted by molar-refractivity contribution is 5.79. The number of ether oxygens (including phenoxy) is 1. The number of nitrogens with zero attached hydrogens (tertiary/aromatic N) is 2. The molecular weight excluding hydrogens is 346 g/mol. The van der Waals surface area contributed by atoms with Crippen molar-refractivity contribution in [3.05, 3.63) is 29.3 Å². The number of aryl methyl sites for hydroxylation is 1. The minimum absolute atomic E-state index is 0.173. The largest absolute Gasteiger partial charge is 0.548 e. The molecule has 27 heavy (non-hydrogen) atoms. The average Bonchev–Trinajstić information content (AvgIpc) is 2.66. The summed E-state index contributed by atoms with van der Waals surface area (Å²) in [5, 5.41) is 24.4. The fraction of sp³-hybridized carbons (Fsp3) is 0.550. The van der Waals surface area contributed by atoms with Gasteiger partial charge < -0.3 is 20.0 Å². The molecule has 0 aromatic heterocycles. The minimum Gasteiger partial charge on any atom is -0.548 e. The second-order valence-corrected chi connectivity index (χ2v) is 7.48. The number of carbonyl (C=O) groups excluding carboxylic acids is 2. The maximum absolute atomic E-state index is 11.9. The maximum Gasteiger partial charge on any atom is 0.410 e. The van der Waals surface area contributed by atoms with Crippen LogP contribution in [-0.4, -0.2) is 42.7 Å². The molecule has 4 unspecified atom stereocenters. The summed E-state index contributed by atoms with van der Waals surface area (Å²) in [6.07, 6.45) is 2.37. The summed E-state index contributed by atoms with van der Waals surface area (Å²) in [5.74, 6) is -0.791. The first kappa shape index (κ1) is 19.0. The van der Waals surface area contributed by atoms with Gasteiger partial charge in [0.05, 0.1) is 30.4 Å². The number of rotatable bonds is 3. The van der Waals surface area contributed by atoms with E-state index in [9.17, 15) is 20.0 Å². The number of nitriles is 1. The number of carboxylic acids is 1. The van der Waals surface area contributed by atoms with Crippen LogP contribution in [0.1, 0.15) is 36.8 Å². The zero-order valence-electron chi connectivity index (χ0n) is 15.6. The van der Waals surface area contributed by atoms with Gasteiger partial charge in [-0.1, -0.05) is 12.1 Å². The van der Waals surface area contributed by atoms with Gasteiger partial charge in [0.15, 0.2) is 0 Å². The molecule has 2 fully saturated rings. The fourth-order valence-corrected chi connectivity index (χ4v) is 4.48. The standard InChI is InChI=1S/C20H25N3O4/c1-12-4-3-5-17(16(12)10-21)22-15-7-6-13-11-23(20(26)27-2)18(19(24)25)9-14(13)8-15/h3-5,13-15,18,22H,6-9,11H2,1-2H3,(H,24,25)/p-1. The van der Waals surface area contributed by atoms with Gasteiger partial charge in [-0.3, -0.25) is 4.90 Å². The van der Waals surface area contributed by atoms with Crippen molar-refractivity contribution in [2.45, 2.75) is 44.7 Å². The van der Waals surface area contributed by atoms with E-state index in [1.54, 1.807) is 0 Å². The number of benzene rings is 1. The van der Waals surface area contributed by atoms with Gasteiger partial charge in [0.25, 0.3) is 0 Å². The molecule has 1 saturated carbocycles. The van der Waals surface area contributed by atoms with Crippen LogP contribution in [0, 0.1) is 30.1 Å². The molecule has 0 radical (unpaired) electrons. The predicted molar refractivity (Wildman–Crippen MR) is 96.7 cm³/mol. The lowest BCUT2D eigenvalue weighted by molar-refractivity contribution is -0.312. The van der Waals surface area contributed by atoms with Crippen molar-refractivity contribution < 1.29 is 19.4 Å². The van der Waals surface area contributed by atoms with Crippen LogP contribution >= 0.6 is 0 Å². The number of aliphatic carboxylic acids is 1. The van der Waals surface area contributed by atoms with Gasteiger partial charge in [0.2, 0.25) is 0 Å². The minimum atomic E-state index is -1.24. The fourth-order valence-electron chi connectivity index (χ4n) is 4.48. The summed E-state index contributed by atoms with van der Waals surface area (Å²) >= 11 is 0. The third-order valence-corrected chi connectivity index (χ3v) is 5.90. The average molecular weight is 370 g/mol. The van der Waals surface area contributed by atoms with Crippen LogP contribution in [0.25, 0.3) is 0 Å². The van der Waals surface area contributed by atoms with E-state index in [1.165, 1.54) is 12.0 Å². The van der Waals surface area contributed by atoms with Gasteiger partial charge in [-0.2, -0.15) is 5.26 Å². The molecule has 1 heterocycles. The van der Waals surface area contributed by atoms with Gasteiger partial charge in [0.1, 0.15) is 6.07 Å². The van der Waals surface area contributed by atoms with Gasteiger partial charge in [-0.15, -0.1) is 0 Å². The molecule has 7 heteroatoms. The van der Waals surface area contributed by atoms with Gasteiger partial charge in [-0.25, -0.2) is 4.79 Å². The highest BCUT2D eigenvalue weighted by atomic mass is 16.5. The number of nitrogens with one attached hydrogen (secondary N) is 1. The van der Waals surface area contributed by atoms with Crippen LogP contribution in [0.15, 0.2) is 18.2 Å². The number of carboxylic acid groups (broad SMARTS) is 1. The summed E-state index contributed by atoms with van der Waals surface area (Å²) < 4.78 is 4.74. The number of hydrogen-bond donors (Lipinski definition) is 1. The zero-order valence-corrected chi connectivity index (χ0v) is 15.6. The molecule has 0 bridgehead atoms. The number of piperidine rings is 1. The summed E-state index contributed by atoms with van der Waals surface area (Å²) in [5.41, 5.74) is 2.40. The molecule has 2 aliphatic rings. The molecule has 144 valence electrons. The normalized spacial score (nSPS) is 27.2. The Morgan fingerprint density at radius 3 is 2.74 bits per heavy atom. The van der Waals surface area contributed by atoms with Gasteiger partial charge in [0, 0.05) is 12.6 Å². The summed E-state index contributed by atoms with van der Waals surface area (Å²) in [6.45, 7) is 2.30. The Morgan fingerprint density at radius 1 is 1.30 bits per heavy atom. The van der Waals surface area contributed by atoms with E-state index in [1.807, 2.05) is 25.1 Å². The molecule has 1 aliphatic heterocycles. The first-order valence-electron chi connectivity index (χ1n) is 9.26. The number of methoxy groups -OCH3 is 1. The van der Waals surface area contributed by atoms with Crippen LogP contribution in [0.2, 0.25) is 0 Å². The molecule has 1 aliphatic carbocycles. The Morgan fingerprint density at radius 2 is 2.07 bits per heavy atom. The molecule has 1 amide bonds. The highest BCUT2D eigenvalue weighted by Crippen LogP contribution is 2.40. The Bertz CT molecular complexity index is 773. The van der Waals surface area contributed by atoms with Crippen molar-refractivity contribution in [1.82, 2.24) is 4.90 Å². The summed E-state index contributed by atoms with van der Waals surface area (Å²) in [7, 11) is 1.26. The molecule has 0 spiro atoms. The van der Waals surface area contributed by atoms with Crippen LogP contribution in [0.3, 0.4) is 0 Å². The number of amides is 1. The molecule has 1 N–H and O–H groups in total. The van der Waals surface area contributed by atoms with Crippen molar-refractivity contribution in [1.29, 1.82) is 5.26 Å². The smallest absolute Gasteiger partial charge is 0.410 e. The Labute approximate surface area is 158 Å².